The van der Waals surface area contributed by atoms with Crippen molar-refractivity contribution in [2.45, 2.75) is 13.5 Å². The largest absolute Gasteiger partial charge is 0.352 e. The number of thioether (sulfide) groups is 1. The molecule has 4 amide bonds. The van der Waals surface area contributed by atoms with Gasteiger partial charge in [-0.1, -0.05) is 41.4 Å². The van der Waals surface area contributed by atoms with Crippen molar-refractivity contribution in [3.63, 3.8) is 0 Å². The second-order valence-electron chi connectivity index (χ2n) is 6.86. The Morgan fingerprint density at radius 1 is 1.06 bits per heavy atom. The number of halogens is 2. The zero-order valence-electron chi connectivity index (χ0n) is 17.0. The third-order valence-corrected chi connectivity index (χ3v) is 5.97. The zero-order valence-corrected chi connectivity index (χ0v) is 19.3. The van der Waals surface area contributed by atoms with E-state index >= 15 is 0 Å². The summed E-state index contributed by atoms with van der Waals surface area (Å²) in [5, 5.41) is 5.81. The lowest BCUT2D eigenvalue weighted by molar-refractivity contribution is -0.122. The number of imide groups is 1. The Hall–Kier alpha value is -2.81. The first-order valence-electron chi connectivity index (χ1n) is 9.56. The minimum atomic E-state index is -0.442. The molecule has 0 aliphatic carbocycles. The molecule has 32 heavy (non-hydrogen) atoms. The van der Waals surface area contributed by atoms with Gasteiger partial charge < -0.3 is 10.6 Å². The first-order valence-corrected chi connectivity index (χ1v) is 11.1. The molecule has 2 aromatic carbocycles. The van der Waals surface area contributed by atoms with Crippen LogP contribution in [0.25, 0.3) is 6.08 Å². The van der Waals surface area contributed by atoms with Crippen molar-refractivity contribution in [3.8, 4) is 0 Å². The number of rotatable bonds is 7. The van der Waals surface area contributed by atoms with E-state index in [-0.39, 0.29) is 29.8 Å². The molecule has 2 N–H and O–H groups in total. The average molecular weight is 492 g/mol. The summed E-state index contributed by atoms with van der Waals surface area (Å²) in [6, 6.07) is 11.6. The quantitative estimate of drug-likeness (QED) is 0.568. The van der Waals surface area contributed by atoms with Crippen LogP contribution in [0, 0.1) is 0 Å². The number of hydrogen-bond acceptors (Lipinski definition) is 5. The molecule has 0 atom stereocenters. The van der Waals surface area contributed by atoms with Gasteiger partial charge in [-0.15, -0.1) is 0 Å². The Balaban J connectivity index is 1.55. The highest BCUT2D eigenvalue weighted by atomic mass is 35.5. The predicted molar refractivity (Wildman–Crippen MR) is 125 cm³/mol. The fourth-order valence-corrected chi connectivity index (χ4v) is 4.16. The van der Waals surface area contributed by atoms with E-state index in [1.807, 2.05) is 0 Å². The van der Waals surface area contributed by atoms with Crippen molar-refractivity contribution in [2.75, 3.05) is 13.1 Å². The Bertz CT molecular complexity index is 1100. The van der Waals surface area contributed by atoms with E-state index in [1.165, 1.54) is 6.92 Å². The van der Waals surface area contributed by atoms with Crippen LogP contribution in [0.3, 0.4) is 0 Å². The summed E-state index contributed by atoms with van der Waals surface area (Å²) in [6.07, 6.45) is 1.55. The molecule has 1 heterocycles. The first kappa shape index (κ1) is 23.8. The Kier molecular flexibility index (Phi) is 7.95. The monoisotopic (exact) mass is 491 g/mol. The summed E-state index contributed by atoms with van der Waals surface area (Å²) in [7, 11) is 0. The number of nitrogens with one attached hydrogen (secondary N) is 2. The molecule has 1 aliphatic rings. The molecule has 1 aliphatic heterocycles. The van der Waals surface area contributed by atoms with E-state index in [2.05, 4.69) is 10.6 Å². The fraction of sp³-hybridized carbons (Fsp3) is 0.182. The highest BCUT2D eigenvalue weighted by Crippen LogP contribution is 2.33. The number of nitrogens with zero attached hydrogens (tertiary/aromatic N) is 1. The summed E-state index contributed by atoms with van der Waals surface area (Å²) >= 11 is 12.8. The van der Waals surface area contributed by atoms with Crippen LogP contribution < -0.4 is 10.6 Å². The fourth-order valence-electron chi connectivity index (χ4n) is 2.84. The Morgan fingerprint density at radius 2 is 1.78 bits per heavy atom. The van der Waals surface area contributed by atoms with Crippen molar-refractivity contribution in [2.24, 2.45) is 0 Å². The van der Waals surface area contributed by atoms with Gasteiger partial charge in [-0.2, -0.15) is 0 Å². The van der Waals surface area contributed by atoms with Crippen LogP contribution in [0.5, 0.6) is 0 Å². The number of amides is 4. The van der Waals surface area contributed by atoms with Crippen LogP contribution in [-0.2, 0) is 16.1 Å². The molecule has 1 saturated heterocycles. The number of benzene rings is 2. The maximum absolute atomic E-state index is 12.6. The van der Waals surface area contributed by atoms with Crippen LogP contribution in [0.15, 0.2) is 47.4 Å². The van der Waals surface area contributed by atoms with Gasteiger partial charge in [-0.25, -0.2) is 0 Å². The van der Waals surface area contributed by atoms with E-state index in [0.29, 0.717) is 27.7 Å². The molecule has 0 radical (unpaired) electrons. The third kappa shape index (κ3) is 6.12. The maximum atomic E-state index is 12.6. The van der Waals surface area contributed by atoms with Crippen molar-refractivity contribution in [1.82, 2.24) is 15.5 Å². The molecule has 166 valence electrons. The van der Waals surface area contributed by atoms with Crippen molar-refractivity contribution < 1.29 is 19.2 Å². The number of carbonyl (C=O) groups is 4. The van der Waals surface area contributed by atoms with Gasteiger partial charge in [0.15, 0.2) is 0 Å². The molecular formula is C22H19Cl2N3O4S. The lowest BCUT2D eigenvalue weighted by Gasteiger charge is -2.13. The van der Waals surface area contributed by atoms with Crippen molar-refractivity contribution >= 4 is 64.0 Å². The average Bonchev–Trinajstić information content (AvgIpc) is 3.01. The molecule has 0 unspecified atom stereocenters. The van der Waals surface area contributed by atoms with Crippen molar-refractivity contribution in [3.05, 3.63) is 74.1 Å². The van der Waals surface area contributed by atoms with Crippen molar-refractivity contribution in [1.29, 1.82) is 0 Å². The molecule has 0 spiro atoms. The molecule has 2 aromatic rings. The second-order valence-corrected chi connectivity index (χ2v) is 8.70. The number of carbonyl (C=O) groups excluding carboxylic acids is 4. The summed E-state index contributed by atoms with van der Waals surface area (Å²) in [5.41, 5.74) is 1.88. The minimum absolute atomic E-state index is 0.0444. The Labute approximate surface area is 199 Å². The summed E-state index contributed by atoms with van der Waals surface area (Å²) in [6.45, 7) is 1.97. The third-order valence-electron chi connectivity index (χ3n) is 4.50. The van der Waals surface area contributed by atoms with Crippen LogP contribution >= 0.6 is 35.0 Å². The van der Waals surface area contributed by atoms with Gasteiger partial charge in [0.05, 0.1) is 4.91 Å². The molecule has 0 aromatic heterocycles. The molecule has 1 fully saturated rings. The molecule has 10 heteroatoms. The van der Waals surface area contributed by atoms with Gasteiger partial charge >= 0.3 is 0 Å². The molecule has 0 bridgehead atoms. The zero-order chi connectivity index (χ0) is 23.3. The first-order chi connectivity index (χ1) is 15.2. The normalized spacial score (nSPS) is 14.7. The van der Waals surface area contributed by atoms with Crippen LogP contribution in [-0.4, -0.2) is 41.0 Å². The van der Waals surface area contributed by atoms with E-state index in [0.717, 1.165) is 22.2 Å². The predicted octanol–water partition coefficient (Wildman–Crippen LogP) is 4.10. The van der Waals surface area contributed by atoms with Crippen LogP contribution in [0.1, 0.15) is 28.4 Å². The SMILES string of the molecule is CC(=O)NCc1ccc(C(=O)NCCN2C(=O)S/C(=C\c3ccc(Cl)cc3Cl)C2=O)cc1. The Morgan fingerprint density at radius 3 is 2.44 bits per heavy atom. The standard InChI is InChI=1S/C22H19Cl2N3O4S/c1-13(28)26-12-14-2-4-15(5-3-14)20(29)25-8-9-27-21(30)19(32-22(27)31)10-16-6-7-17(23)11-18(16)24/h2-7,10-11H,8-9,12H2,1H3,(H,25,29)(H,26,28)/b19-10-. The van der Waals surface area contributed by atoms with Gasteiger partial charge in [0, 0.05) is 42.2 Å². The number of hydrogen-bond donors (Lipinski definition) is 2. The van der Waals surface area contributed by atoms with E-state index in [1.54, 1.807) is 48.5 Å². The van der Waals surface area contributed by atoms with E-state index in [9.17, 15) is 19.2 Å². The summed E-state index contributed by atoms with van der Waals surface area (Å²) in [4.78, 5) is 49.5. The van der Waals surface area contributed by atoms with Gasteiger partial charge in [-0.3, -0.25) is 24.1 Å². The molecule has 0 saturated carbocycles. The summed E-state index contributed by atoms with van der Waals surface area (Å²) in [5.74, 6) is -0.903. The minimum Gasteiger partial charge on any atom is -0.352 e. The maximum Gasteiger partial charge on any atom is 0.293 e. The van der Waals surface area contributed by atoms with Gasteiger partial charge in [0.1, 0.15) is 0 Å². The highest BCUT2D eigenvalue weighted by Gasteiger charge is 2.34. The van der Waals surface area contributed by atoms with Gasteiger partial charge in [0.2, 0.25) is 5.91 Å². The molecule has 7 nitrogen and oxygen atoms in total. The van der Waals surface area contributed by atoms with Gasteiger partial charge in [0.25, 0.3) is 17.1 Å². The smallest absolute Gasteiger partial charge is 0.293 e. The van der Waals surface area contributed by atoms with E-state index < -0.39 is 11.1 Å². The lowest BCUT2D eigenvalue weighted by atomic mass is 10.1. The summed E-state index contributed by atoms with van der Waals surface area (Å²) < 4.78 is 0. The highest BCUT2D eigenvalue weighted by molar-refractivity contribution is 8.18. The van der Waals surface area contributed by atoms with Gasteiger partial charge in [-0.05, 0) is 53.2 Å². The second kappa shape index (κ2) is 10.7. The van der Waals surface area contributed by atoms with Crippen LogP contribution in [0.4, 0.5) is 4.79 Å². The van der Waals surface area contributed by atoms with Crippen LogP contribution in [0.2, 0.25) is 10.0 Å². The molecule has 3 rings (SSSR count). The van der Waals surface area contributed by atoms with E-state index in [4.69, 9.17) is 23.2 Å². The molecular weight excluding hydrogens is 473 g/mol. The topological polar surface area (TPSA) is 95.6 Å². The lowest BCUT2D eigenvalue weighted by Crippen LogP contribution is -2.37.